The second kappa shape index (κ2) is 6.57. The Morgan fingerprint density at radius 1 is 1.00 bits per heavy atom. The molecule has 0 fully saturated rings. The lowest BCUT2D eigenvalue weighted by Gasteiger charge is -2.27. The van der Waals surface area contributed by atoms with E-state index in [1.54, 1.807) is 18.2 Å². The van der Waals surface area contributed by atoms with Crippen molar-refractivity contribution in [3.63, 3.8) is 0 Å². The molecule has 2 heterocycles. The summed E-state index contributed by atoms with van der Waals surface area (Å²) in [5, 5.41) is 9.34. The molecule has 4 rings (SSSR count). The van der Waals surface area contributed by atoms with Crippen LogP contribution in [0.2, 0.25) is 0 Å². The molecule has 0 saturated carbocycles. The van der Waals surface area contributed by atoms with Crippen LogP contribution in [0.5, 0.6) is 0 Å². The van der Waals surface area contributed by atoms with Gasteiger partial charge in [-0.1, -0.05) is 42.5 Å². The summed E-state index contributed by atoms with van der Waals surface area (Å²) in [6, 6.07) is 19.3. The molecule has 0 saturated heterocycles. The molecule has 4 heteroatoms. The summed E-state index contributed by atoms with van der Waals surface area (Å²) in [7, 11) is 0. The molecule has 0 bridgehead atoms. The Bertz CT molecular complexity index is 913. The Morgan fingerprint density at radius 2 is 1.76 bits per heavy atom. The number of fused-ring (bicyclic) bond motifs is 1. The van der Waals surface area contributed by atoms with Crippen LogP contribution in [0, 0.1) is 0 Å². The van der Waals surface area contributed by atoms with E-state index in [-0.39, 0.29) is 5.56 Å². The van der Waals surface area contributed by atoms with Crippen molar-refractivity contribution in [3.8, 4) is 11.3 Å². The van der Waals surface area contributed by atoms with Gasteiger partial charge in [0.1, 0.15) is 11.5 Å². The quantitative estimate of drug-likeness (QED) is 0.777. The van der Waals surface area contributed by atoms with Gasteiger partial charge in [0.05, 0.1) is 12.1 Å². The zero-order chi connectivity index (χ0) is 17.2. The van der Waals surface area contributed by atoms with E-state index in [0.29, 0.717) is 11.3 Å². The van der Waals surface area contributed by atoms with Gasteiger partial charge in [0.25, 0.3) is 0 Å². The van der Waals surface area contributed by atoms with Crippen LogP contribution in [0.15, 0.2) is 65.1 Å². The topological polar surface area (TPSA) is 53.7 Å². The first-order valence-corrected chi connectivity index (χ1v) is 8.41. The Morgan fingerprint density at radius 3 is 2.60 bits per heavy atom. The monoisotopic (exact) mass is 333 g/mol. The predicted octanol–water partition coefficient (Wildman–Crippen LogP) is 4.20. The van der Waals surface area contributed by atoms with Crippen LogP contribution in [0.25, 0.3) is 11.3 Å². The molecule has 0 unspecified atom stereocenters. The molecular weight excluding hydrogens is 314 g/mol. The molecule has 1 aliphatic heterocycles. The average Bonchev–Trinajstić information content (AvgIpc) is 3.10. The number of aromatic carboxylic acids is 1. The third kappa shape index (κ3) is 3.21. The molecule has 0 aliphatic carbocycles. The van der Waals surface area contributed by atoms with Crippen molar-refractivity contribution in [1.82, 2.24) is 4.90 Å². The summed E-state index contributed by atoms with van der Waals surface area (Å²) in [4.78, 5) is 13.7. The summed E-state index contributed by atoms with van der Waals surface area (Å²) in [5.74, 6) is 0.515. The molecule has 1 aromatic heterocycles. The molecule has 0 spiro atoms. The molecule has 126 valence electrons. The first kappa shape index (κ1) is 15.7. The number of rotatable bonds is 4. The smallest absolute Gasteiger partial charge is 0.336 e. The van der Waals surface area contributed by atoms with Crippen molar-refractivity contribution in [3.05, 3.63) is 83.1 Å². The molecule has 1 N–H and O–H groups in total. The lowest BCUT2D eigenvalue weighted by Crippen LogP contribution is -2.29. The van der Waals surface area contributed by atoms with Crippen molar-refractivity contribution in [2.45, 2.75) is 19.5 Å². The molecule has 0 atom stereocenters. The van der Waals surface area contributed by atoms with E-state index in [0.717, 1.165) is 31.8 Å². The number of hydrogen-bond donors (Lipinski definition) is 1. The molecule has 3 aromatic rings. The van der Waals surface area contributed by atoms with Gasteiger partial charge in [0.2, 0.25) is 0 Å². The third-order valence-electron chi connectivity index (χ3n) is 4.67. The number of furan rings is 1. The summed E-state index contributed by atoms with van der Waals surface area (Å²) < 4.78 is 5.95. The molecule has 0 amide bonds. The summed E-state index contributed by atoms with van der Waals surface area (Å²) in [5.41, 5.74) is 3.67. The molecule has 2 aromatic carbocycles. The van der Waals surface area contributed by atoms with E-state index < -0.39 is 5.97 Å². The van der Waals surface area contributed by atoms with Crippen molar-refractivity contribution in [2.75, 3.05) is 6.54 Å². The summed E-state index contributed by atoms with van der Waals surface area (Å²) >= 11 is 0. The molecule has 25 heavy (non-hydrogen) atoms. The van der Waals surface area contributed by atoms with Crippen LogP contribution < -0.4 is 0 Å². The minimum absolute atomic E-state index is 0.260. The number of carbonyl (C=O) groups is 1. The third-order valence-corrected chi connectivity index (χ3v) is 4.67. The Hall–Kier alpha value is -2.85. The van der Waals surface area contributed by atoms with E-state index >= 15 is 0 Å². The van der Waals surface area contributed by atoms with Gasteiger partial charge in [-0.05, 0) is 35.7 Å². The largest absolute Gasteiger partial charge is 0.478 e. The molecular formula is C21H19NO3. The van der Waals surface area contributed by atoms with Crippen LogP contribution in [-0.2, 0) is 19.5 Å². The summed E-state index contributed by atoms with van der Waals surface area (Å²) in [6.07, 6.45) is 1.05. The fraction of sp³-hybridized carbons (Fsp3) is 0.190. The number of hydrogen-bond acceptors (Lipinski definition) is 3. The van der Waals surface area contributed by atoms with Gasteiger partial charge in [-0.3, -0.25) is 4.90 Å². The molecule has 4 nitrogen and oxygen atoms in total. The maximum atomic E-state index is 11.4. The maximum absolute atomic E-state index is 11.4. The van der Waals surface area contributed by atoms with Gasteiger partial charge in [0.15, 0.2) is 0 Å². The predicted molar refractivity (Wildman–Crippen MR) is 95.4 cm³/mol. The second-order valence-electron chi connectivity index (χ2n) is 6.35. The maximum Gasteiger partial charge on any atom is 0.336 e. The highest BCUT2D eigenvalue weighted by Gasteiger charge is 2.18. The number of carboxylic acids is 1. The van der Waals surface area contributed by atoms with E-state index in [4.69, 9.17) is 4.42 Å². The van der Waals surface area contributed by atoms with Crippen LogP contribution in [0.3, 0.4) is 0 Å². The first-order valence-electron chi connectivity index (χ1n) is 8.41. The fourth-order valence-electron chi connectivity index (χ4n) is 3.40. The highest BCUT2D eigenvalue weighted by atomic mass is 16.4. The zero-order valence-corrected chi connectivity index (χ0v) is 13.8. The van der Waals surface area contributed by atoms with Crippen LogP contribution >= 0.6 is 0 Å². The van der Waals surface area contributed by atoms with E-state index in [9.17, 15) is 9.90 Å². The van der Waals surface area contributed by atoms with Crippen LogP contribution in [0.1, 0.15) is 27.2 Å². The zero-order valence-electron chi connectivity index (χ0n) is 13.8. The Labute approximate surface area is 146 Å². The molecule has 1 aliphatic rings. The van der Waals surface area contributed by atoms with E-state index in [1.807, 2.05) is 18.2 Å². The van der Waals surface area contributed by atoms with Crippen LogP contribution in [-0.4, -0.2) is 22.5 Å². The SMILES string of the molecule is O=C(O)c1ccccc1-c1ccc(CN2CCc3ccccc3C2)o1. The number of benzene rings is 2. The lowest BCUT2D eigenvalue weighted by atomic mass is 10.00. The minimum Gasteiger partial charge on any atom is -0.478 e. The van der Waals surface area contributed by atoms with Gasteiger partial charge in [-0.25, -0.2) is 4.79 Å². The lowest BCUT2D eigenvalue weighted by molar-refractivity contribution is 0.0697. The standard InChI is InChI=1S/C21H19NO3/c23-21(24)19-8-4-3-7-18(19)20-10-9-17(25-20)14-22-12-11-15-5-1-2-6-16(15)13-22/h1-10H,11-14H2,(H,23,24). The van der Waals surface area contributed by atoms with Crippen molar-refractivity contribution in [2.24, 2.45) is 0 Å². The highest BCUT2D eigenvalue weighted by Crippen LogP contribution is 2.27. The number of nitrogens with zero attached hydrogens (tertiary/aromatic N) is 1. The summed E-state index contributed by atoms with van der Waals surface area (Å²) in [6.45, 7) is 2.64. The fourth-order valence-corrected chi connectivity index (χ4v) is 3.40. The Kier molecular flexibility index (Phi) is 4.12. The first-order chi connectivity index (χ1) is 12.2. The van der Waals surface area contributed by atoms with Gasteiger partial charge in [-0.2, -0.15) is 0 Å². The Balaban J connectivity index is 1.52. The van der Waals surface area contributed by atoms with Crippen molar-refractivity contribution in [1.29, 1.82) is 0 Å². The normalized spacial score (nSPS) is 14.2. The van der Waals surface area contributed by atoms with E-state index in [1.165, 1.54) is 11.1 Å². The van der Waals surface area contributed by atoms with Crippen molar-refractivity contribution < 1.29 is 14.3 Å². The van der Waals surface area contributed by atoms with Crippen molar-refractivity contribution >= 4 is 5.97 Å². The minimum atomic E-state index is -0.943. The van der Waals surface area contributed by atoms with Gasteiger partial charge >= 0.3 is 5.97 Å². The molecule has 0 radical (unpaired) electrons. The van der Waals surface area contributed by atoms with Gasteiger partial charge in [0, 0.05) is 18.7 Å². The van der Waals surface area contributed by atoms with E-state index in [2.05, 4.69) is 29.2 Å². The highest BCUT2D eigenvalue weighted by molar-refractivity contribution is 5.95. The second-order valence-corrected chi connectivity index (χ2v) is 6.35. The van der Waals surface area contributed by atoms with Gasteiger partial charge in [-0.15, -0.1) is 0 Å². The van der Waals surface area contributed by atoms with Gasteiger partial charge < -0.3 is 9.52 Å². The number of carboxylic acid groups (broad SMARTS) is 1. The average molecular weight is 333 g/mol. The van der Waals surface area contributed by atoms with Crippen LogP contribution in [0.4, 0.5) is 0 Å².